The molecule has 0 saturated heterocycles. The van der Waals surface area contributed by atoms with E-state index in [4.69, 9.17) is 9.47 Å². The van der Waals surface area contributed by atoms with Gasteiger partial charge in [0.15, 0.2) is 5.82 Å². The van der Waals surface area contributed by atoms with Gasteiger partial charge >= 0.3 is 6.01 Å². The van der Waals surface area contributed by atoms with Gasteiger partial charge in [0, 0.05) is 31.7 Å². The third-order valence-electron chi connectivity index (χ3n) is 5.07. The molecule has 0 bridgehead atoms. The predicted octanol–water partition coefficient (Wildman–Crippen LogP) is 0.865. The Hall–Kier alpha value is -3.08. The van der Waals surface area contributed by atoms with Crippen LogP contribution in [0.15, 0.2) is 24.9 Å². The van der Waals surface area contributed by atoms with Crippen LogP contribution in [0.25, 0.3) is 0 Å². The fourth-order valence-corrected chi connectivity index (χ4v) is 3.69. The Labute approximate surface area is 162 Å². The number of ether oxygens (including phenoxy) is 2. The van der Waals surface area contributed by atoms with Gasteiger partial charge in [-0.2, -0.15) is 4.98 Å². The van der Waals surface area contributed by atoms with Gasteiger partial charge in [0.05, 0.1) is 26.1 Å². The van der Waals surface area contributed by atoms with Crippen molar-refractivity contribution in [2.45, 2.75) is 38.5 Å². The highest BCUT2D eigenvalue weighted by atomic mass is 16.5. The summed E-state index contributed by atoms with van der Waals surface area (Å²) in [5.41, 5.74) is 0.385. The topological polar surface area (TPSA) is 109 Å². The van der Waals surface area contributed by atoms with Crippen LogP contribution in [0.2, 0.25) is 0 Å². The van der Waals surface area contributed by atoms with E-state index in [1.54, 1.807) is 19.5 Å². The monoisotopic (exact) mass is 385 g/mol. The molecule has 1 unspecified atom stereocenters. The van der Waals surface area contributed by atoms with Gasteiger partial charge in [0.25, 0.3) is 0 Å². The fraction of sp³-hybridized carbons (Fsp3) is 0.529. The van der Waals surface area contributed by atoms with Crippen LogP contribution in [-0.4, -0.2) is 65.4 Å². The van der Waals surface area contributed by atoms with Crippen molar-refractivity contribution in [3.63, 3.8) is 0 Å². The molecule has 0 N–H and O–H groups in total. The Balaban J connectivity index is 1.68. The smallest absolute Gasteiger partial charge is 0.319 e. The van der Waals surface area contributed by atoms with Gasteiger partial charge in [-0.1, -0.05) is 0 Å². The number of hydrogen-bond donors (Lipinski definition) is 0. The van der Waals surface area contributed by atoms with Crippen molar-refractivity contribution in [3.05, 3.63) is 36.3 Å². The quantitative estimate of drug-likeness (QED) is 0.585. The van der Waals surface area contributed by atoms with E-state index in [0.29, 0.717) is 5.88 Å². The lowest BCUT2D eigenvalue weighted by molar-refractivity contribution is 0.0511. The van der Waals surface area contributed by atoms with Crippen LogP contribution in [0.5, 0.6) is 11.9 Å². The first kappa shape index (κ1) is 18.3. The number of aryl methyl sites for hydroxylation is 1. The molecule has 28 heavy (non-hydrogen) atoms. The Morgan fingerprint density at radius 2 is 2.04 bits per heavy atom. The molecule has 11 nitrogen and oxygen atoms in total. The summed E-state index contributed by atoms with van der Waals surface area (Å²) in [6.07, 6.45) is 8.22. The second kappa shape index (κ2) is 7.15. The summed E-state index contributed by atoms with van der Waals surface area (Å²) in [6.45, 7) is 5.86. The van der Waals surface area contributed by atoms with Crippen molar-refractivity contribution in [1.29, 1.82) is 0 Å². The van der Waals surface area contributed by atoms with E-state index in [1.165, 1.54) is 7.11 Å². The third-order valence-corrected chi connectivity index (χ3v) is 5.07. The lowest BCUT2D eigenvalue weighted by Gasteiger charge is -2.35. The van der Waals surface area contributed by atoms with Crippen molar-refractivity contribution >= 4 is 0 Å². The maximum absolute atomic E-state index is 5.52. The number of tetrazole rings is 1. The van der Waals surface area contributed by atoms with Gasteiger partial charge < -0.3 is 14.0 Å². The van der Waals surface area contributed by atoms with E-state index in [-0.39, 0.29) is 12.1 Å². The summed E-state index contributed by atoms with van der Waals surface area (Å²) in [5.74, 6) is 1.18. The third kappa shape index (κ3) is 2.97. The first-order valence-electron chi connectivity index (χ1n) is 9.02. The van der Waals surface area contributed by atoms with Crippen molar-refractivity contribution in [2.75, 3.05) is 20.8 Å². The molecule has 148 valence electrons. The summed E-state index contributed by atoms with van der Waals surface area (Å²) in [7, 11) is 3.10. The van der Waals surface area contributed by atoms with E-state index < -0.39 is 5.66 Å². The second-order valence-corrected chi connectivity index (χ2v) is 7.01. The maximum atomic E-state index is 5.52. The van der Waals surface area contributed by atoms with Gasteiger partial charge in [-0.3, -0.25) is 4.90 Å². The number of nitrogens with zero attached hydrogens (tertiary/aromatic N) is 9. The van der Waals surface area contributed by atoms with E-state index in [0.717, 1.165) is 30.9 Å². The Kier molecular flexibility index (Phi) is 4.67. The van der Waals surface area contributed by atoms with Crippen LogP contribution in [0.4, 0.5) is 0 Å². The standard InChI is InChI=1S/C17H23N9O2/c1-17(2)25(8-5-7-24-9-6-18-11-24)13(14-21-22-23-26(14)17)12-10-19-16(28-4)20-15(12)27-3/h6,9-11,13H,5,7-8H2,1-4H3. The molecule has 3 aromatic rings. The number of aromatic nitrogens is 8. The van der Waals surface area contributed by atoms with Crippen LogP contribution >= 0.6 is 0 Å². The number of imidazole rings is 1. The van der Waals surface area contributed by atoms with E-state index in [1.807, 2.05) is 17.2 Å². The summed E-state index contributed by atoms with van der Waals surface area (Å²) < 4.78 is 14.6. The summed E-state index contributed by atoms with van der Waals surface area (Å²) in [4.78, 5) is 15.0. The first-order chi connectivity index (χ1) is 13.6. The van der Waals surface area contributed by atoms with Crippen LogP contribution in [0, 0.1) is 0 Å². The highest BCUT2D eigenvalue weighted by Gasteiger charge is 2.48. The zero-order valence-electron chi connectivity index (χ0n) is 16.3. The molecule has 1 aliphatic heterocycles. The zero-order valence-corrected chi connectivity index (χ0v) is 16.3. The highest BCUT2D eigenvalue weighted by Crippen LogP contribution is 2.44. The molecule has 4 rings (SSSR count). The minimum atomic E-state index is -0.413. The largest absolute Gasteiger partial charge is 0.481 e. The van der Waals surface area contributed by atoms with Crippen LogP contribution in [0.1, 0.15) is 37.7 Å². The minimum Gasteiger partial charge on any atom is -0.481 e. The average Bonchev–Trinajstić information content (AvgIpc) is 3.42. The number of rotatable bonds is 7. The molecule has 0 spiro atoms. The van der Waals surface area contributed by atoms with Crippen molar-refractivity contribution in [2.24, 2.45) is 0 Å². The molecule has 1 aliphatic rings. The Morgan fingerprint density at radius 3 is 2.75 bits per heavy atom. The molecule has 1 atom stereocenters. The molecule has 0 aliphatic carbocycles. The molecule has 0 radical (unpaired) electrons. The lowest BCUT2D eigenvalue weighted by Crippen LogP contribution is -2.43. The van der Waals surface area contributed by atoms with Crippen LogP contribution in [0.3, 0.4) is 0 Å². The molecule has 11 heteroatoms. The molecule has 3 aromatic heterocycles. The van der Waals surface area contributed by atoms with E-state index in [9.17, 15) is 0 Å². The molecule has 0 aromatic carbocycles. The molecule has 4 heterocycles. The van der Waals surface area contributed by atoms with Crippen molar-refractivity contribution in [3.8, 4) is 11.9 Å². The van der Waals surface area contributed by atoms with Gasteiger partial charge in [0.2, 0.25) is 5.88 Å². The number of methoxy groups -OCH3 is 2. The van der Waals surface area contributed by atoms with Crippen LogP contribution < -0.4 is 9.47 Å². The molecule has 0 fully saturated rings. The maximum Gasteiger partial charge on any atom is 0.319 e. The second-order valence-electron chi connectivity index (χ2n) is 7.01. The van der Waals surface area contributed by atoms with E-state index >= 15 is 0 Å². The van der Waals surface area contributed by atoms with Gasteiger partial charge in [-0.05, 0) is 30.7 Å². The number of fused-ring (bicyclic) bond motifs is 1. The average molecular weight is 385 g/mol. The highest BCUT2D eigenvalue weighted by molar-refractivity contribution is 5.34. The van der Waals surface area contributed by atoms with Gasteiger partial charge in [-0.15, -0.1) is 5.10 Å². The Morgan fingerprint density at radius 1 is 1.18 bits per heavy atom. The molecular weight excluding hydrogens is 362 g/mol. The fourth-order valence-electron chi connectivity index (χ4n) is 3.69. The van der Waals surface area contributed by atoms with Gasteiger partial charge in [0.1, 0.15) is 11.7 Å². The molecule has 0 saturated carbocycles. The normalized spacial score (nSPS) is 18.2. The van der Waals surface area contributed by atoms with Gasteiger partial charge in [-0.25, -0.2) is 14.6 Å². The molecule has 0 amide bonds. The van der Waals surface area contributed by atoms with Crippen molar-refractivity contribution in [1.82, 2.24) is 44.6 Å². The Bertz CT molecular complexity index is 938. The summed E-state index contributed by atoms with van der Waals surface area (Å²) >= 11 is 0. The van der Waals surface area contributed by atoms with Crippen LogP contribution in [-0.2, 0) is 12.2 Å². The minimum absolute atomic E-state index is 0.228. The molecular formula is C17H23N9O2. The zero-order chi connectivity index (χ0) is 19.7. The first-order valence-corrected chi connectivity index (χ1v) is 9.02. The SMILES string of the molecule is COc1ncc(C2c3nnnn3C(C)(C)N2CCCn2ccnc2)c(OC)n1. The summed E-state index contributed by atoms with van der Waals surface area (Å²) in [6, 6.07) is 0.0257. The predicted molar refractivity (Wildman–Crippen MR) is 97.7 cm³/mol. The number of hydrogen-bond acceptors (Lipinski definition) is 9. The van der Waals surface area contributed by atoms with E-state index in [2.05, 4.69) is 53.8 Å². The lowest BCUT2D eigenvalue weighted by atomic mass is 10.1. The summed E-state index contributed by atoms with van der Waals surface area (Å²) in [5, 5.41) is 12.4. The van der Waals surface area contributed by atoms with Crippen molar-refractivity contribution < 1.29 is 9.47 Å².